The highest BCUT2D eigenvalue weighted by atomic mass is 16.3. The molecule has 2 aromatic rings. The molecule has 0 spiro atoms. The van der Waals surface area contributed by atoms with Gasteiger partial charge < -0.3 is 15.5 Å². The summed E-state index contributed by atoms with van der Waals surface area (Å²) in [5.74, 6) is 0.471. The standard InChI is InChI=1S/C12H13N3O2/c1-8-4-5-17-11(8)12(16)15-10-3-2-9(6-13)7-14-10/h2-5,7H,6,13H2,1H3,(H,14,15,16). The number of rotatable bonds is 3. The van der Waals surface area contributed by atoms with Crippen molar-refractivity contribution in [2.75, 3.05) is 5.32 Å². The molecule has 0 aromatic carbocycles. The number of furan rings is 1. The van der Waals surface area contributed by atoms with Gasteiger partial charge in [0, 0.05) is 18.3 Å². The van der Waals surface area contributed by atoms with Gasteiger partial charge >= 0.3 is 0 Å². The van der Waals surface area contributed by atoms with Crippen LogP contribution in [0.15, 0.2) is 35.1 Å². The smallest absolute Gasteiger partial charge is 0.292 e. The zero-order valence-electron chi connectivity index (χ0n) is 9.43. The first-order valence-corrected chi connectivity index (χ1v) is 5.21. The first-order chi connectivity index (χ1) is 8.20. The monoisotopic (exact) mass is 231 g/mol. The summed E-state index contributed by atoms with van der Waals surface area (Å²) in [5.41, 5.74) is 7.16. The minimum Gasteiger partial charge on any atom is -0.459 e. The van der Waals surface area contributed by atoms with E-state index in [1.54, 1.807) is 18.3 Å². The van der Waals surface area contributed by atoms with Crippen LogP contribution in [0.5, 0.6) is 0 Å². The molecule has 2 aromatic heterocycles. The molecular weight excluding hydrogens is 218 g/mol. The van der Waals surface area contributed by atoms with Crippen molar-refractivity contribution in [3.63, 3.8) is 0 Å². The van der Waals surface area contributed by atoms with E-state index in [1.807, 2.05) is 13.0 Å². The van der Waals surface area contributed by atoms with E-state index in [2.05, 4.69) is 10.3 Å². The largest absolute Gasteiger partial charge is 0.459 e. The van der Waals surface area contributed by atoms with Crippen LogP contribution in [0.3, 0.4) is 0 Å². The molecule has 0 saturated heterocycles. The van der Waals surface area contributed by atoms with E-state index in [9.17, 15) is 4.79 Å². The summed E-state index contributed by atoms with van der Waals surface area (Å²) < 4.78 is 5.08. The molecule has 1 amide bonds. The molecule has 0 atom stereocenters. The van der Waals surface area contributed by atoms with Crippen molar-refractivity contribution in [2.24, 2.45) is 5.73 Å². The first-order valence-electron chi connectivity index (χ1n) is 5.21. The number of nitrogens with one attached hydrogen (secondary N) is 1. The fraction of sp³-hybridized carbons (Fsp3) is 0.167. The highest BCUT2D eigenvalue weighted by Gasteiger charge is 2.12. The van der Waals surface area contributed by atoms with Crippen molar-refractivity contribution in [3.8, 4) is 0 Å². The van der Waals surface area contributed by atoms with Crippen LogP contribution in [0.4, 0.5) is 5.82 Å². The molecule has 0 bridgehead atoms. The molecule has 0 saturated carbocycles. The highest BCUT2D eigenvalue weighted by Crippen LogP contribution is 2.12. The van der Waals surface area contributed by atoms with E-state index in [-0.39, 0.29) is 5.91 Å². The number of carbonyl (C=O) groups excluding carboxylic acids is 1. The minimum atomic E-state index is -0.305. The zero-order valence-corrected chi connectivity index (χ0v) is 9.43. The van der Waals surface area contributed by atoms with Gasteiger partial charge in [-0.15, -0.1) is 0 Å². The Morgan fingerprint density at radius 2 is 2.29 bits per heavy atom. The Labute approximate surface area is 98.6 Å². The van der Waals surface area contributed by atoms with E-state index in [1.165, 1.54) is 6.26 Å². The normalized spacial score (nSPS) is 10.2. The van der Waals surface area contributed by atoms with Crippen LogP contribution < -0.4 is 11.1 Å². The van der Waals surface area contributed by atoms with Crippen LogP contribution in [-0.4, -0.2) is 10.9 Å². The van der Waals surface area contributed by atoms with Crippen molar-refractivity contribution in [1.82, 2.24) is 4.98 Å². The summed E-state index contributed by atoms with van der Waals surface area (Å²) in [4.78, 5) is 15.9. The second kappa shape index (κ2) is 4.80. The molecule has 0 aliphatic carbocycles. The van der Waals surface area contributed by atoms with Gasteiger partial charge in [-0.2, -0.15) is 0 Å². The highest BCUT2D eigenvalue weighted by molar-refractivity contribution is 6.02. The second-order valence-electron chi connectivity index (χ2n) is 3.64. The molecule has 88 valence electrons. The minimum absolute atomic E-state index is 0.301. The summed E-state index contributed by atoms with van der Waals surface area (Å²) in [6.07, 6.45) is 3.11. The van der Waals surface area contributed by atoms with Crippen molar-refractivity contribution in [2.45, 2.75) is 13.5 Å². The predicted molar refractivity (Wildman–Crippen MR) is 63.5 cm³/mol. The fourth-order valence-corrected chi connectivity index (χ4v) is 1.40. The predicted octanol–water partition coefficient (Wildman–Crippen LogP) is 1.69. The van der Waals surface area contributed by atoms with Gasteiger partial charge in [-0.25, -0.2) is 4.98 Å². The van der Waals surface area contributed by atoms with E-state index in [4.69, 9.17) is 10.2 Å². The topological polar surface area (TPSA) is 81.2 Å². The number of aromatic nitrogens is 1. The Morgan fingerprint density at radius 3 is 2.82 bits per heavy atom. The number of pyridine rings is 1. The summed E-state index contributed by atoms with van der Waals surface area (Å²) in [5, 5.41) is 2.65. The first kappa shape index (κ1) is 11.3. The molecule has 0 aliphatic heterocycles. The van der Waals surface area contributed by atoms with Gasteiger partial charge in [-0.05, 0) is 24.6 Å². The lowest BCUT2D eigenvalue weighted by Gasteiger charge is -2.03. The maximum Gasteiger partial charge on any atom is 0.292 e. The molecule has 2 rings (SSSR count). The van der Waals surface area contributed by atoms with Gasteiger partial charge in [0.15, 0.2) is 5.76 Å². The Balaban J connectivity index is 2.10. The second-order valence-corrected chi connectivity index (χ2v) is 3.64. The van der Waals surface area contributed by atoms with E-state index >= 15 is 0 Å². The van der Waals surface area contributed by atoms with Crippen LogP contribution in [0.2, 0.25) is 0 Å². The molecule has 0 fully saturated rings. The maximum absolute atomic E-state index is 11.8. The lowest BCUT2D eigenvalue weighted by molar-refractivity contribution is 0.0995. The number of hydrogen-bond donors (Lipinski definition) is 2. The lowest BCUT2D eigenvalue weighted by atomic mass is 10.2. The number of hydrogen-bond acceptors (Lipinski definition) is 4. The van der Waals surface area contributed by atoms with E-state index in [0.717, 1.165) is 11.1 Å². The molecule has 0 radical (unpaired) electrons. The van der Waals surface area contributed by atoms with Crippen molar-refractivity contribution in [1.29, 1.82) is 0 Å². The molecule has 3 N–H and O–H groups in total. The number of amides is 1. The third-order valence-corrected chi connectivity index (χ3v) is 2.37. The summed E-state index contributed by atoms with van der Waals surface area (Å²) in [6.45, 7) is 2.24. The zero-order chi connectivity index (χ0) is 12.3. The average Bonchev–Trinajstić information content (AvgIpc) is 2.76. The quantitative estimate of drug-likeness (QED) is 0.842. The lowest BCUT2D eigenvalue weighted by Crippen LogP contribution is -2.13. The van der Waals surface area contributed by atoms with E-state index in [0.29, 0.717) is 18.1 Å². The van der Waals surface area contributed by atoms with Gasteiger partial charge in [-0.1, -0.05) is 6.07 Å². The van der Waals surface area contributed by atoms with Crippen molar-refractivity contribution < 1.29 is 9.21 Å². The molecule has 17 heavy (non-hydrogen) atoms. The number of nitrogens with zero attached hydrogens (tertiary/aromatic N) is 1. The van der Waals surface area contributed by atoms with Crippen molar-refractivity contribution >= 4 is 11.7 Å². The van der Waals surface area contributed by atoms with Crippen LogP contribution >= 0.6 is 0 Å². The van der Waals surface area contributed by atoms with Gasteiger partial charge in [0.05, 0.1) is 6.26 Å². The molecule has 0 aliphatic rings. The number of anilines is 1. The third-order valence-electron chi connectivity index (χ3n) is 2.37. The summed E-state index contributed by atoms with van der Waals surface area (Å²) >= 11 is 0. The molecule has 2 heterocycles. The Kier molecular flexibility index (Phi) is 3.20. The fourth-order valence-electron chi connectivity index (χ4n) is 1.40. The van der Waals surface area contributed by atoms with Gasteiger partial charge in [-0.3, -0.25) is 4.79 Å². The van der Waals surface area contributed by atoms with E-state index < -0.39 is 0 Å². The molecule has 5 nitrogen and oxygen atoms in total. The molecule has 5 heteroatoms. The summed E-state index contributed by atoms with van der Waals surface area (Å²) in [6, 6.07) is 5.26. The van der Waals surface area contributed by atoms with Crippen molar-refractivity contribution in [3.05, 3.63) is 47.5 Å². The average molecular weight is 231 g/mol. The summed E-state index contributed by atoms with van der Waals surface area (Å²) in [7, 11) is 0. The number of carbonyl (C=O) groups is 1. The van der Waals surface area contributed by atoms with Crippen LogP contribution in [-0.2, 0) is 6.54 Å². The molecular formula is C12H13N3O2. The third kappa shape index (κ3) is 2.51. The Bertz CT molecular complexity index is 517. The molecule has 0 unspecified atom stereocenters. The van der Waals surface area contributed by atoms with Gasteiger partial charge in [0.25, 0.3) is 5.91 Å². The maximum atomic E-state index is 11.8. The van der Waals surface area contributed by atoms with Crippen LogP contribution in [0.1, 0.15) is 21.7 Å². The SMILES string of the molecule is Cc1ccoc1C(=O)Nc1ccc(CN)cn1. The van der Waals surface area contributed by atoms with Gasteiger partial charge in [0.1, 0.15) is 5.82 Å². The number of aryl methyl sites for hydroxylation is 1. The van der Waals surface area contributed by atoms with Crippen LogP contribution in [0.25, 0.3) is 0 Å². The van der Waals surface area contributed by atoms with Gasteiger partial charge in [0.2, 0.25) is 0 Å². The van der Waals surface area contributed by atoms with Crippen LogP contribution in [0, 0.1) is 6.92 Å². The Hall–Kier alpha value is -2.14. The number of nitrogens with two attached hydrogens (primary N) is 1. The Morgan fingerprint density at radius 1 is 1.47 bits per heavy atom.